The number of oxazole rings is 1. The summed E-state index contributed by atoms with van der Waals surface area (Å²) in [6.45, 7) is 3.94. The monoisotopic (exact) mass is 323 g/mol. The summed E-state index contributed by atoms with van der Waals surface area (Å²) < 4.78 is 5.98. The minimum atomic E-state index is -0.229. The molecule has 0 spiro atoms. The van der Waals surface area contributed by atoms with Gasteiger partial charge in [0.2, 0.25) is 5.89 Å². The number of nitrogen functional groups attached to an aromatic ring is 1. The molecule has 0 fully saturated rings. The third-order valence-electron chi connectivity index (χ3n) is 2.75. The van der Waals surface area contributed by atoms with Crippen LogP contribution in [-0.2, 0) is 6.54 Å². The Morgan fingerprint density at radius 3 is 2.84 bits per heavy atom. The lowest BCUT2D eigenvalue weighted by Crippen LogP contribution is -2.23. The summed E-state index contributed by atoms with van der Waals surface area (Å²) in [5.41, 5.74) is 7.57. The number of anilines is 1. The molecule has 1 aromatic carbocycles. The SMILES string of the molecule is Cc1nc(CNC(=O)c2cccc(N)c2Br)oc1C. The Balaban J connectivity index is 2.07. The Morgan fingerprint density at radius 1 is 1.47 bits per heavy atom. The fourth-order valence-corrected chi connectivity index (χ4v) is 2.04. The van der Waals surface area contributed by atoms with Crippen LogP contribution in [0, 0.1) is 13.8 Å². The zero-order chi connectivity index (χ0) is 14.0. The van der Waals surface area contributed by atoms with Crippen molar-refractivity contribution in [1.29, 1.82) is 0 Å². The summed E-state index contributed by atoms with van der Waals surface area (Å²) in [7, 11) is 0. The zero-order valence-electron chi connectivity index (χ0n) is 10.7. The van der Waals surface area contributed by atoms with Gasteiger partial charge in [0.25, 0.3) is 5.91 Å². The van der Waals surface area contributed by atoms with Crippen molar-refractivity contribution in [3.05, 3.63) is 45.6 Å². The van der Waals surface area contributed by atoms with Crippen molar-refractivity contribution in [2.24, 2.45) is 0 Å². The standard InChI is InChI=1S/C13H14BrN3O2/c1-7-8(2)19-11(17-7)6-16-13(18)9-4-3-5-10(15)12(9)14/h3-5H,6,15H2,1-2H3,(H,16,18). The van der Waals surface area contributed by atoms with Crippen LogP contribution in [0.2, 0.25) is 0 Å². The molecule has 1 amide bonds. The molecule has 0 bridgehead atoms. The van der Waals surface area contributed by atoms with Gasteiger partial charge >= 0.3 is 0 Å². The van der Waals surface area contributed by atoms with Crippen molar-refractivity contribution in [1.82, 2.24) is 10.3 Å². The second kappa shape index (κ2) is 5.44. The highest BCUT2D eigenvalue weighted by Crippen LogP contribution is 2.23. The van der Waals surface area contributed by atoms with Crippen molar-refractivity contribution >= 4 is 27.5 Å². The second-order valence-electron chi connectivity index (χ2n) is 4.14. The molecule has 0 unspecified atom stereocenters. The molecule has 1 heterocycles. The summed E-state index contributed by atoms with van der Waals surface area (Å²) in [6.07, 6.45) is 0. The molecule has 0 aliphatic heterocycles. The van der Waals surface area contributed by atoms with Gasteiger partial charge in [0, 0.05) is 5.69 Å². The fourth-order valence-electron chi connectivity index (χ4n) is 1.59. The lowest BCUT2D eigenvalue weighted by molar-refractivity contribution is 0.0946. The van der Waals surface area contributed by atoms with Gasteiger partial charge in [-0.2, -0.15) is 0 Å². The van der Waals surface area contributed by atoms with Gasteiger partial charge in [0.05, 0.1) is 22.3 Å². The number of amides is 1. The van der Waals surface area contributed by atoms with Gasteiger partial charge in [-0.3, -0.25) is 4.79 Å². The summed E-state index contributed by atoms with van der Waals surface area (Å²) in [4.78, 5) is 16.2. The summed E-state index contributed by atoms with van der Waals surface area (Å²) in [5.74, 6) is 1.02. The Labute approximate surface area is 119 Å². The van der Waals surface area contributed by atoms with Crippen molar-refractivity contribution in [3.8, 4) is 0 Å². The highest BCUT2D eigenvalue weighted by Gasteiger charge is 2.13. The van der Waals surface area contributed by atoms with Crippen LogP contribution in [0.3, 0.4) is 0 Å². The Hall–Kier alpha value is -1.82. The van der Waals surface area contributed by atoms with E-state index in [0.29, 0.717) is 21.6 Å². The lowest BCUT2D eigenvalue weighted by atomic mass is 10.2. The molecule has 19 heavy (non-hydrogen) atoms. The number of carbonyl (C=O) groups excluding carboxylic acids is 1. The maximum absolute atomic E-state index is 12.0. The van der Waals surface area contributed by atoms with Crippen LogP contribution in [0.25, 0.3) is 0 Å². The third-order valence-corrected chi connectivity index (χ3v) is 3.63. The third kappa shape index (κ3) is 2.96. The number of rotatable bonds is 3. The highest BCUT2D eigenvalue weighted by atomic mass is 79.9. The van der Waals surface area contributed by atoms with E-state index < -0.39 is 0 Å². The van der Waals surface area contributed by atoms with Crippen molar-refractivity contribution in [2.45, 2.75) is 20.4 Å². The molecule has 100 valence electrons. The maximum atomic E-state index is 12.0. The number of aryl methyl sites for hydroxylation is 2. The number of nitrogens with two attached hydrogens (primary N) is 1. The quantitative estimate of drug-likeness (QED) is 0.850. The van der Waals surface area contributed by atoms with Crippen molar-refractivity contribution in [2.75, 3.05) is 5.73 Å². The van der Waals surface area contributed by atoms with E-state index >= 15 is 0 Å². The first-order valence-corrected chi connectivity index (χ1v) is 6.53. The van der Waals surface area contributed by atoms with Crippen LogP contribution in [0.1, 0.15) is 27.7 Å². The van der Waals surface area contributed by atoms with E-state index in [1.54, 1.807) is 18.2 Å². The van der Waals surface area contributed by atoms with Crippen LogP contribution in [0.15, 0.2) is 27.1 Å². The van der Waals surface area contributed by atoms with E-state index in [9.17, 15) is 4.79 Å². The maximum Gasteiger partial charge on any atom is 0.252 e. The molecule has 0 saturated carbocycles. The van der Waals surface area contributed by atoms with Gasteiger partial charge in [0.1, 0.15) is 5.76 Å². The first-order valence-electron chi connectivity index (χ1n) is 5.74. The van der Waals surface area contributed by atoms with Crippen LogP contribution in [-0.4, -0.2) is 10.9 Å². The number of aromatic nitrogens is 1. The summed E-state index contributed by atoms with van der Waals surface area (Å²) in [6, 6.07) is 5.15. The molecule has 6 heteroatoms. The Bertz CT molecular complexity index is 603. The predicted octanol–water partition coefficient (Wildman–Crippen LogP) is 2.57. The fraction of sp³-hybridized carbons (Fsp3) is 0.231. The van der Waals surface area contributed by atoms with E-state index in [1.165, 1.54) is 0 Å². The molecule has 0 aliphatic rings. The smallest absolute Gasteiger partial charge is 0.252 e. The number of benzene rings is 1. The van der Waals surface area contributed by atoms with E-state index in [-0.39, 0.29) is 12.5 Å². The van der Waals surface area contributed by atoms with Crippen LogP contribution in [0.4, 0.5) is 5.69 Å². The molecule has 0 aliphatic carbocycles. The Morgan fingerprint density at radius 2 is 2.21 bits per heavy atom. The van der Waals surface area contributed by atoms with Gasteiger partial charge in [-0.15, -0.1) is 0 Å². The Kier molecular flexibility index (Phi) is 3.90. The molecular formula is C13H14BrN3O2. The lowest BCUT2D eigenvalue weighted by Gasteiger charge is -2.06. The van der Waals surface area contributed by atoms with Gasteiger partial charge in [-0.05, 0) is 41.9 Å². The second-order valence-corrected chi connectivity index (χ2v) is 4.93. The average Bonchev–Trinajstić information content (AvgIpc) is 2.69. The minimum Gasteiger partial charge on any atom is -0.444 e. The van der Waals surface area contributed by atoms with Crippen LogP contribution >= 0.6 is 15.9 Å². The highest BCUT2D eigenvalue weighted by molar-refractivity contribution is 9.10. The topological polar surface area (TPSA) is 81.2 Å². The molecule has 2 rings (SSSR count). The number of halogens is 1. The zero-order valence-corrected chi connectivity index (χ0v) is 12.2. The van der Waals surface area contributed by atoms with Crippen molar-refractivity contribution in [3.63, 3.8) is 0 Å². The van der Waals surface area contributed by atoms with E-state index in [2.05, 4.69) is 26.2 Å². The number of nitrogens with one attached hydrogen (secondary N) is 1. The number of carbonyl (C=O) groups is 1. The number of hydrogen-bond acceptors (Lipinski definition) is 4. The van der Waals surface area contributed by atoms with E-state index in [4.69, 9.17) is 10.2 Å². The van der Waals surface area contributed by atoms with Crippen molar-refractivity contribution < 1.29 is 9.21 Å². The molecule has 1 aromatic heterocycles. The minimum absolute atomic E-state index is 0.229. The predicted molar refractivity (Wildman–Crippen MR) is 75.7 cm³/mol. The van der Waals surface area contributed by atoms with Gasteiger partial charge in [-0.1, -0.05) is 6.07 Å². The summed E-state index contributed by atoms with van der Waals surface area (Å²) in [5, 5.41) is 2.74. The van der Waals surface area contributed by atoms with Gasteiger partial charge in [0.15, 0.2) is 0 Å². The molecular weight excluding hydrogens is 310 g/mol. The average molecular weight is 324 g/mol. The molecule has 0 saturated heterocycles. The normalized spacial score (nSPS) is 10.5. The largest absolute Gasteiger partial charge is 0.444 e. The first-order chi connectivity index (χ1) is 8.99. The van der Waals surface area contributed by atoms with Gasteiger partial charge in [-0.25, -0.2) is 4.98 Å². The molecule has 5 nitrogen and oxygen atoms in total. The molecule has 2 aromatic rings. The van der Waals surface area contributed by atoms with Gasteiger partial charge < -0.3 is 15.5 Å². The van der Waals surface area contributed by atoms with Crippen LogP contribution < -0.4 is 11.1 Å². The van der Waals surface area contributed by atoms with E-state index in [0.717, 1.165) is 11.5 Å². The summed E-state index contributed by atoms with van der Waals surface area (Å²) >= 11 is 3.30. The first kappa shape index (κ1) is 13.6. The number of nitrogens with zero attached hydrogens (tertiary/aromatic N) is 1. The molecule has 0 atom stereocenters. The molecule has 0 radical (unpaired) electrons. The number of hydrogen-bond donors (Lipinski definition) is 2. The molecule has 3 N–H and O–H groups in total. The van der Waals surface area contributed by atoms with E-state index in [1.807, 2.05) is 13.8 Å². The van der Waals surface area contributed by atoms with Crippen LogP contribution in [0.5, 0.6) is 0 Å².